The molecule has 18 heavy (non-hydrogen) atoms. The standard InChI is InChI=1S/C15H27N3/c1-3-4-17-13(18-16)15-8-11-5-12(9-15)7-14(2,6-11)10-15/h11-12H,3-10,16H2,1-2H3,(H,17,18). The number of hydrogen-bond donors (Lipinski definition) is 2. The molecule has 3 nitrogen and oxygen atoms in total. The Bertz CT molecular complexity index is 347. The number of rotatable bonds is 3. The highest BCUT2D eigenvalue weighted by molar-refractivity contribution is 5.88. The van der Waals surface area contributed by atoms with Crippen molar-refractivity contribution < 1.29 is 0 Å². The van der Waals surface area contributed by atoms with E-state index >= 15 is 0 Å². The van der Waals surface area contributed by atoms with Crippen LogP contribution < -0.4 is 11.3 Å². The molecule has 0 saturated heterocycles. The molecule has 0 amide bonds. The Morgan fingerprint density at radius 3 is 2.44 bits per heavy atom. The van der Waals surface area contributed by atoms with Gasteiger partial charge >= 0.3 is 0 Å². The number of nitrogens with two attached hydrogens (primary N) is 1. The van der Waals surface area contributed by atoms with Crippen molar-refractivity contribution in [1.29, 1.82) is 0 Å². The van der Waals surface area contributed by atoms with Crippen molar-refractivity contribution in [3.63, 3.8) is 0 Å². The highest BCUT2D eigenvalue weighted by atomic mass is 15.3. The molecule has 102 valence electrons. The van der Waals surface area contributed by atoms with Gasteiger partial charge in [-0.25, -0.2) is 5.84 Å². The third-order valence-corrected chi connectivity index (χ3v) is 5.49. The van der Waals surface area contributed by atoms with Gasteiger partial charge in [-0.1, -0.05) is 13.8 Å². The van der Waals surface area contributed by atoms with Crippen LogP contribution in [0.25, 0.3) is 0 Å². The molecule has 4 bridgehead atoms. The normalized spacial score (nSPS) is 46.5. The summed E-state index contributed by atoms with van der Waals surface area (Å²) in [6.07, 6.45) is 9.40. The molecular weight excluding hydrogens is 222 g/mol. The zero-order valence-corrected chi connectivity index (χ0v) is 11.8. The first-order chi connectivity index (χ1) is 8.59. The number of hydrogen-bond acceptors (Lipinski definition) is 2. The molecule has 3 N–H and O–H groups in total. The van der Waals surface area contributed by atoms with Crippen LogP contribution >= 0.6 is 0 Å². The van der Waals surface area contributed by atoms with Gasteiger partial charge in [-0.15, -0.1) is 0 Å². The maximum absolute atomic E-state index is 5.80. The molecule has 3 heteroatoms. The topological polar surface area (TPSA) is 50.4 Å². The maximum atomic E-state index is 5.80. The Labute approximate surface area is 111 Å². The van der Waals surface area contributed by atoms with Gasteiger partial charge in [0.05, 0.1) is 0 Å². The first-order valence-corrected chi connectivity index (χ1v) is 7.61. The fraction of sp³-hybridized carbons (Fsp3) is 0.933. The minimum Gasteiger partial charge on any atom is -0.312 e. The van der Waals surface area contributed by atoms with Crippen LogP contribution in [-0.4, -0.2) is 12.4 Å². The minimum absolute atomic E-state index is 0.294. The van der Waals surface area contributed by atoms with Crippen molar-refractivity contribution in [1.82, 2.24) is 5.43 Å². The van der Waals surface area contributed by atoms with Crippen molar-refractivity contribution >= 4 is 5.84 Å². The lowest BCUT2D eigenvalue weighted by Gasteiger charge is -2.61. The van der Waals surface area contributed by atoms with Gasteiger partial charge < -0.3 is 5.43 Å². The summed E-state index contributed by atoms with van der Waals surface area (Å²) in [5, 5.41) is 0. The zero-order valence-electron chi connectivity index (χ0n) is 11.8. The van der Waals surface area contributed by atoms with E-state index in [9.17, 15) is 0 Å². The lowest BCUT2D eigenvalue weighted by Crippen LogP contribution is -2.57. The van der Waals surface area contributed by atoms with Gasteiger partial charge in [0.15, 0.2) is 0 Å². The molecule has 0 spiro atoms. The molecule has 4 rings (SSSR count). The van der Waals surface area contributed by atoms with Crippen LogP contribution in [0, 0.1) is 22.7 Å². The van der Waals surface area contributed by atoms with E-state index in [4.69, 9.17) is 10.8 Å². The van der Waals surface area contributed by atoms with E-state index in [2.05, 4.69) is 19.3 Å². The third kappa shape index (κ3) is 1.87. The van der Waals surface area contributed by atoms with Gasteiger partial charge in [0.25, 0.3) is 0 Å². The van der Waals surface area contributed by atoms with Gasteiger partial charge in [-0.05, 0) is 62.2 Å². The second-order valence-corrected chi connectivity index (χ2v) is 7.43. The molecule has 4 saturated carbocycles. The third-order valence-electron chi connectivity index (χ3n) is 5.49. The summed E-state index contributed by atoms with van der Waals surface area (Å²) in [5.74, 6) is 8.77. The van der Waals surface area contributed by atoms with Crippen molar-refractivity contribution in [3.05, 3.63) is 0 Å². The average Bonchev–Trinajstić information content (AvgIpc) is 2.26. The quantitative estimate of drug-likeness (QED) is 0.350. The van der Waals surface area contributed by atoms with Crippen LogP contribution in [0.15, 0.2) is 4.99 Å². The molecule has 4 fully saturated rings. The van der Waals surface area contributed by atoms with Gasteiger partial charge in [0.2, 0.25) is 0 Å². The number of aliphatic imine (C=N–C) groups is 1. The summed E-state index contributed by atoms with van der Waals surface area (Å²) in [5.41, 5.74) is 3.82. The Morgan fingerprint density at radius 2 is 1.94 bits per heavy atom. The molecule has 0 radical (unpaired) electrons. The van der Waals surface area contributed by atoms with E-state index in [1.807, 2.05) is 0 Å². The second kappa shape index (κ2) is 4.22. The summed E-state index contributed by atoms with van der Waals surface area (Å²) in [6.45, 7) is 5.58. The highest BCUT2D eigenvalue weighted by Crippen LogP contribution is 2.65. The Morgan fingerprint density at radius 1 is 1.28 bits per heavy atom. The molecule has 2 atom stereocenters. The van der Waals surface area contributed by atoms with Crippen LogP contribution in [-0.2, 0) is 0 Å². The Hall–Kier alpha value is -0.570. The SMILES string of the molecule is CCCN=C(NN)C12CC3CC(CC(C)(C3)C1)C2. The number of nitrogens with one attached hydrogen (secondary N) is 1. The molecule has 4 aliphatic rings. The van der Waals surface area contributed by atoms with E-state index in [0.29, 0.717) is 10.8 Å². The molecule has 0 aromatic heterocycles. The van der Waals surface area contributed by atoms with Gasteiger partial charge in [-0.3, -0.25) is 4.99 Å². The van der Waals surface area contributed by atoms with Crippen molar-refractivity contribution in [3.8, 4) is 0 Å². The Balaban J connectivity index is 1.90. The summed E-state index contributed by atoms with van der Waals surface area (Å²) in [6, 6.07) is 0. The van der Waals surface area contributed by atoms with Crippen molar-refractivity contribution in [2.24, 2.45) is 33.5 Å². The van der Waals surface area contributed by atoms with E-state index in [0.717, 1.165) is 30.6 Å². The fourth-order valence-electron chi connectivity index (χ4n) is 5.59. The van der Waals surface area contributed by atoms with Crippen LogP contribution in [0.4, 0.5) is 0 Å². The maximum Gasteiger partial charge on any atom is 0.117 e. The van der Waals surface area contributed by atoms with Crippen molar-refractivity contribution in [2.75, 3.05) is 6.54 Å². The minimum atomic E-state index is 0.294. The summed E-state index contributed by atoms with van der Waals surface area (Å²) in [7, 11) is 0. The molecular formula is C15H27N3. The predicted molar refractivity (Wildman–Crippen MR) is 75.1 cm³/mol. The first-order valence-electron chi connectivity index (χ1n) is 7.61. The van der Waals surface area contributed by atoms with Gasteiger partial charge in [-0.2, -0.15) is 0 Å². The van der Waals surface area contributed by atoms with Gasteiger partial charge in [0, 0.05) is 12.0 Å². The molecule has 0 heterocycles. The molecule has 0 aliphatic heterocycles. The number of hydrazine groups is 1. The second-order valence-electron chi connectivity index (χ2n) is 7.43. The average molecular weight is 249 g/mol. The molecule has 0 aromatic carbocycles. The zero-order chi connectivity index (χ0) is 12.8. The fourth-order valence-corrected chi connectivity index (χ4v) is 5.59. The van der Waals surface area contributed by atoms with Crippen LogP contribution in [0.2, 0.25) is 0 Å². The number of nitrogens with zero attached hydrogens (tertiary/aromatic N) is 1. The number of amidine groups is 1. The molecule has 0 aromatic rings. The predicted octanol–water partition coefficient (Wildman–Crippen LogP) is 2.86. The first kappa shape index (κ1) is 12.5. The van der Waals surface area contributed by atoms with Crippen LogP contribution in [0.3, 0.4) is 0 Å². The molecule has 4 aliphatic carbocycles. The van der Waals surface area contributed by atoms with Crippen LogP contribution in [0.5, 0.6) is 0 Å². The smallest absolute Gasteiger partial charge is 0.117 e. The van der Waals surface area contributed by atoms with Gasteiger partial charge in [0.1, 0.15) is 5.84 Å². The van der Waals surface area contributed by atoms with E-state index in [1.54, 1.807) is 0 Å². The lowest BCUT2D eigenvalue weighted by atomic mass is 9.44. The lowest BCUT2D eigenvalue weighted by molar-refractivity contribution is -0.0695. The van der Waals surface area contributed by atoms with E-state index in [-0.39, 0.29) is 0 Å². The largest absolute Gasteiger partial charge is 0.312 e. The van der Waals surface area contributed by atoms with Crippen LogP contribution in [0.1, 0.15) is 58.8 Å². The molecule has 2 unspecified atom stereocenters. The summed E-state index contributed by atoms with van der Waals surface area (Å²) in [4.78, 5) is 4.76. The Kier molecular flexibility index (Phi) is 2.92. The van der Waals surface area contributed by atoms with E-state index < -0.39 is 0 Å². The summed E-state index contributed by atoms with van der Waals surface area (Å²) < 4.78 is 0. The monoisotopic (exact) mass is 249 g/mol. The van der Waals surface area contributed by atoms with Crippen molar-refractivity contribution in [2.45, 2.75) is 58.8 Å². The highest BCUT2D eigenvalue weighted by Gasteiger charge is 2.57. The van der Waals surface area contributed by atoms with E-state index in [1.165, 1.54) is 38.5 Å². The summed E-state index contributed by atoms with van der Waals surface area (Å²) >= 11 is 0.